The van der Waals surface area contributed by atoms with Crippen molar-refractivity contribution in [1.82, 2.24) is 24.6 Å². The number of carbonyl (C=O) groups excluding carboxylic acids is 1. The smallest absolute Gasteiger partial charge is 0.322 e. The van der Waals surface area contributed by atoms with E-state index in [1.54, 1.807) is 11.1 Å². The number of nitrogens with two attached hydrogens (primary N) is 1. The zero-order chi connectivity index (χ0) is 21.8. The molecule has 3 N–H and O–H groups in total. The molecule has 0 radical (unpaired) electrons. The molecule has 0 saturated carbocycles. The van der Waals surface area contributed by atoms with Crippen LogP contribution in [0.15, 0.2) is 36.7 Å². The van der Waals surface area contributed by atoms with Crippen LogP contribution in [0.25, 0.3) is 0 Å². The van der Waals surface area contributed by atoms with Crippen molar-refractivity contribution in [1.29, 1.82) is 0 Å². The van der Waals surface area contributed by atoms with Crippen LogP contribution in [0.3, 0.4) is 0 Å². The summed E-state index contributed by atoms with van der Waals surface area (Å²) in [6, 6.07) is 8.17. The molecule has 1 aliphatic rings. The molecule has 2 aromatic heterocycles. The molecule has 1 aromatic carbocycles. The molecular formula is C22H27N7O2. The molecule has 3 aromatic rings. The monoisotopic (exact) mass is 421 g/mol. The average molecular weight is 422 g/mol. The zero-order valence-corrected chi connectivity index (χ0v) is 17.8. The van der Waals surface area contributed by atoms with Gasteiger partial charge in [0.05, 0.1) is 25.4 Å². The number of unbranched alkanes of at least 4 members (excludes halogenated alkanes) is 1. The number of ether oxygens (including phenoxy) is 1. The molecule has 4 rings (SSSR count). The predicted octanol–water partition coefficient (Wildman–Crippen LogP) is 3.34. The molecule has 9 nitrogen and oxygen atoms in total. The number of nitrogen functional groups attached to an aromatic ring is 1. The first kappa shape index (κ1) is 20.6. The first-order valence-electron chi connectivity index (χ1n) is 10.4. The highest BCUT2D eigenvalue weighted by Crippen LogP contribution is 2.29. The number of anilines is 2. The zero-order valence-electron chi connectivity index (χ0n) is 17.8. The third-order valence-electron chi connectivity index (χ3n) is 5.25. The molecule has 0 unspecified atom stereocenters. The van der Waals surface area contributed by atoms with Crippen molar-refractivity contribution in [3.8, 4) is 6.01 Å². The maximum Gasteiger partial charge on any atom is 0.322 e. The number of rotatable bonds is 8. The standard InChI is InChI=1S/C22H27N7O2/c1-3-4-10-31-21-25-18-14-28(22(30)26-19(18)20(23)27-21)12-16-6-7-17(15(2)11-16)13-29-9-5-8-24-29/h5-9,11H,3-4,10,12-14H2,1-2H3,(H,26,30)(H2,23,25,27). The Labute approximate surface area is 181 Å². The van der Waals surface area contributed by atoms with Crippen molar-refractivity contribution < 1.29 is 9.53 Å². The van der Waals surface area contributed by atoms with Crippen molar-refractivity contribution >= 4 is 17.5 Å². The van der Waals surface area contributed by atoms with Gasteiger partial charge in [-0.15, -0.1) is 0 Å². The quantitative estimate of drug-likeness (QED) is 0.540. The molecule has 0 spiro atoms. The lowest BCUT2D eigenvalue weighted by atomic mass is 10.0. The summed E-state index contributed by atoms with van der Waals surface area (Å²) < 4.78 is 7.50. The van der Waals surface area contributed by atoms with E-state index >= 15 is 0 Å². The SMILES string of the molecule is CCCCOc1nc(N)c2c(n1)CN(Cc1ccc(Cn3cccn3)c(C)c1)C(=O)N2. The predicted molar refractivity (Wildman–Crippen MR) is 118 cm³/mol. The fourth-order valence-corrected chi connectivity index (χ4v) is 3.51. The van der Waals surface area contributed by atoms with E-state index in [2.05, 4.69) is 46.4 Å². The summed E-state index contributed by atoms with van der Waals surface area (Å²) in [4.78, 5) is 23.0. The third-order valence-corrected chi connectivity index (χ3v) is 5.25. The second kappa shape index (κ2) is 9.03. The number of benzene rings is 1. The second-order valence-corrected chi connectivity index (χ2v) is 7.67. The van der Waals surface area contributed by atoms with Gasteiger partial charge in [0.1, 0.15) is 5.69 Å². The first-order valence-corrected chi connectivity index (χ1v) is 10.4. The summed E-state index contributed by atoms with van der Waals surface area (Å²) in [6.45, 7) is 6.21. The van der Waals surface area contributed by atoms with E-state index in [0.717, 1.165) is 24.0 Å². The van der Waals surface area contributed by atoms with Crippen LogP contribution in [0, 0.1) is 6.92 Å². The molecule has 2 amide bonds. The number of hydrogen-bond acceptors (Lipinski definition) is 6. The van der Waals surface area contributed by atoms with E-state index in [0.29, 0.717) is 37.6 Å². The van der Waals surface area contributed by atoms with Crippen LogP contribution in [0.4, 0.5) is 16.3 Å². The number of carbonyl (C=O) groups is 1. The molecule has 0 bridgehead atoms. The van der Waals surface area contributed by atoms with Gasteiger partial charge >= 0.3 is 12.0 Å². The Balaban J connectivity index is 1.47. The fraction of sp³-hybridized carbons (Fsp3) is 0.364. The highest BCUT2D eigenvalue weighted by atomic mass is 16.5. The van der Waals surface area contributed by atoms with Gasteiger partial charge in [0, 0.05) is 18.9 Å². The van der Waals surface area contributed by atoms with Gasteiger partial charge in [-0.2, -0.15) is 15.1 Å². The van der Waals surface area contributed by atoms with E-state index in [1.807, 2.05) is 23.0 Å². The molecule has 1 aliphatic heterocycles. The number of nitrogens with one attached hydrogen (secondary N) is 1. The molecule has 9 heteroatoms. The Morgan fingerprint density at radius 1 is 1.26 bits per heavy atom. The van der Waals surface area contributed by atoms with Crippen LogP contribution < -0.4 is 15.8 Å². The minimum absolute atomic E-state index is 0.222. The van der Waals surface area contributed by atoms with Crippen LogP contribution in [0.5, 0.6) is 6.01 Å². The van der Waals surface area contributed by atoms with Gasteiger partial charge < -0.3 is 20.7 Å². The Bertz CT molecular complexity index is 1070. The molecule has 3 heterocycles. The van der Waals surface area contributed by atoms with Gasteiger partial charge in [0.2, 0.25) is 0 Å². The van der Waals surface area contributed by atoms with Gasteiger partial charge in [-0.1, -0.05) is 31.5 Å². The maximum absolute atomic E-state index is 12.6. The van der Waals surface area contributed by atoms with Crippen LogP contribution in [0.1, 0.15) is 42.1 Å². The van der Waals surface area contributed by atoms with Crippen molar-refractivity contribution in [3.05, 3.63) is 59.0 Å². The number of aromatic nitrogens is 4. The van der Waals surface area contributed by atoms with Gasteiger partial charge in [-0.3, -0.25) is 4.68 Å². The van der Waals surface area contributed by atoms with Crippen molar-refractivity contribution in [2.24, 2.45) is 0 Å². The normalized spacial score (nSPS) is 13.1. The Kier molecular flexibility index (Phi) is 6.01. The number of nitrogens with zero attached hydrogens (tertiary/aromatic N) is 5. The lowest BCUT2D eigenvalue weighted by Gasteiger charge is -2.29. The number of amides is 2. The summed E-state index contributed by atoms with van der Waals surface area (Å²) in [6.07, 6.45) is 5.65. The summed E-state index contributed by atoms with van der Waals surface area (Å²) in [5.74, 6) is 0.225. The second-order valence-electron chi connectivity index (χ2n) is 7.67. The third kappa shape index (κ3) is 4.76. The average Bonchev–Trinajstić information content (AvgIpc) is 3.25. The van der Waals surface area contributed by atoms with Gasteiger partial charge in [-0.05, 0) is 36.1 Å². The molecule has 162 valence electrons. The van der Waals surface area contributed by atoms with E-state index in [-0.39, 0.29) is 17.9 Å². The molecule has 0 aliphatic carbocycles. The number of hydrogen-bond donors (Lipinski definition) is 2. The highest BCUT2D eigenvalue weighted by molar-refractivity contribution is 5.94. The van der Waals surface area contributed by atoms with Crippen LogP contribution in [-0.4, -0.2) is 37.3 Å². The van der Waals surface area contributed by atoms with Crippen LogP contribution in [-0.2, 0) is 19.6 Å². The summed E-state index contributed by atoms with van der Waals surface area (Å²) in [5.41, 5.74) is 10.5. The number of aryl methyl sites for hydroxylation is 1. The lowest BCUT2D eigenvalue weighted by molar-refractivity contribution is 0.202. The van der Waals surface area contributed by atoms with Crippen LogP contribution >= 0.6 is 0 Å². The Morgan fingerprint density at radius 2 is 2.13 bits per heavy atom. The van der Waals surface area contributed by atoms with E-state index < -0.39 is 0 Å². The summed E-state index contributed by atoms with van der Waals surface area (Å²) in [7, 11) is 0. The van der Waals surface area contributed by atoms with Gasteiger partial charge in [-0.25, -0.2) is 4.79 Å². The topological polar surface area (TPSA) is 111 Å². The molecular weight excluding hydrogens is 394 g/mol. The van der Waals surface area contributed by atoms with Crippen LogP contribution in [0.2, 0.25) is 0 Å². The Morgan fingerprint density at radius 3 is 2.87 bits per heavy atom. The fourth-order valence-electron chi connectivity index (χ4n) is 3.51. The minimum Gasteiger partial charge on any atom is -0.463 e. The van der Waals surface area contributed by atoms with E-state index in [9.17, 15) is 4.79 Å². The van der Waals surface area contributed by atoms with Crippen molar-refractivity contribution in [2.45, 2.75) is 46.3 Å². The Hall–Kier alpha value is -3.62. The van der Waals surface area contributed by atoms with Crippen molar-refractivity contribution in [3.63, 3.8) is 0 Å². The molecule has 31 heavy (non-hydrogen) atoms. The highest BCUT2D eigenvalue weighted by Gasteiger charge is 2.27. The lowest BCUT2D eigenvalue weighted by Crippen LogP contribution is -2.39. The first-order chi connectivity index (χ1) is 15.0. The van der Waals surface area contributed by atoms with Gasteiger partial charge in [0.15, 0.2) is 5.82 Å². The molecule has 0 fully saturated rings. The summed E-state index contributed by atoms with van der Waals surface area (Å²) in [5, 5.41) is 7.08. The number of fused-ring (bicyclic) bond motifs is 1. The largest absolute Gasteiger partial charge is 0.463 e. The van der Waals surface area contributed by atoms with E-state index in [1.165, 1.54) is 5.56 Å². The number of urea groups is 1. The van der Waals surface area contributed by atoms with Crippen molar-refractivity contribution in [2.75, 3.05) is 17.7 Å². The molecule has 0 atom stereocenters. The van der Waals surface area contributed by atoms with E-state index in [4.69, 9.17) is 10.5 Å². The molecule has 0 saturated heterocycles. The minimum atomic E-state index is -0.222. The maximum atomic E-state index is 12.6. The van der Waals surface area contributed by atoms with Gasteiger partial charge in [0.25, 0.3) is 0 Å². The summed E-state index contributed by atoms with van der Waals surface area (Å²) >= 11 is 0.